The van der Waals surface area contributed by atoms with Crippen molar-refractivity contribution < 1.29 is 17.9 Å². The van der Waals surface area contributed by atoms with Crippen LogP contribution in [-0.2, 0) is 26.1 Å². The molecule has 1 aromatic heterocycles. The average molecular weight is 421 g/mol. The summed E-state index contributed by atoms with van der Waals surface area (Å²) in [5.41, 5.74) is 8.01. The SMILES string of the molecule is CCOC(=O)[C@H](CC(C)C)NS(=O)(=O)c1ccc(CNc2ccncc2N)cc1. The number of sulfonamides is 1. The van der Waals surface area contributed by atoms with E-state index in [1.165, 1.54) is 12.1 Å². The molecule has 1 atom stereocenters. The highest BCUT2D eigenvalue weighted by molar-refractivity contribution is 7.89. The standard InChI is InChI=1S/C20H28N4O4S/c1-4-28-20(25)19(11-14(2)3)24-29(26,27)16-7-5-15(6-8-16)12-23-18-9-10-22-13-17(18)21/h5-10,13-14,19,24H,4,11-12,21H2,1-3H3,(H,22,23)/t19-/m0/s1. The van der Waals surface area contributed by atoms with Crippen LogP contribution in [0.4, 0.5) is 11.4 Å². The average Bonchev–Trinajstić information content (AvgIpc) is 2.67. The van der Waals surface area contributed by atoms with Crippen LogP contribution in [-0.4, -0.2) is 32.0 Å². The molecule has 0 unspecified atom stereocenters. The van der Waals surface area contributed by atoms with Crippen molar-refractivity contribution >= 4 is 27.4 Å². The lowest BCUT2D eigenvalue weighted by Crippen LogP contribution is -2.42. The Hall–Kier alpha value is -2.65. The molecule has 0 saturated carbocycles. The van der Waals surface area contributed by atoms with Crippen LogP contribution in [0.15, 0.2) is 47.6 Å². The van der Waals surface area contributed by atoms with E-state index in [9.17, 15) is 13.2 Å². The van der Waals surface area contributed by atoms with Gasteiger partial charge in [-0.3, -0.25) is 9.78 Å². The number of hydrogen-bond acceptors (Lipinski definition) is 7. The Morgan fingerprint density at radius 1 is 1.21 bits per heavy atom. The lowest BCUT2D eigenvalue weighted by atomic mass is 10.1. The number of carbonyl (C=O) groups excluding carboxylic acids is 1. The number of nitrogens with two attached hydrogens (primary N) is 1. The summed E-state index contributed by atoms with van der Waals surface area (Å²) in [6.07, 6.45) is 3.55. The summed E-state index contributed by atoms with van der Waals surface area (Å²) < 4.78 is 32.9. The van der Waals surface area contributed by atoms with E-state index in [4.69, 9.17) is 10.5 Å². The Labute approximate surface area is 171 Å². The minimum absolute atomic E-state index is 0.0859. The van der Waals surface area contributed by atoms with Crippen LogP contribution in [0.25, 0.3) is 0 Å². The van der Waals surface area contributed by atoms with Crippen LogP contribution in [0.5, 0.6) is 0 Å². The number of esters is 1. The molecule has 0 radical (unpaired) electrons. The van der Waals surface area contributed by atoms with Crippen molar-refractivity contribution in [2.24, 2.45) is 5.92 Å². The van der Waals surface area contributed by atoms with E-state index < -0.39 is 22.0 Å². The molecule has 8 nitrogen and oxygen atoms in total. The molecule has 0 saturated heterocycles. The fraction of sp³-hybridized carbons (Fsp3) is 0.400. The van der Waals surface area contributed by atoms with E-state index in [0.717, 1.165) is 11.3 Å². The van der Waals surface area contributed by atoms with Crippen LogP contribution in [0.2, 0.25) is 0 Å². The fourth-order valence-electron chi connectivity index (χ4n) is 2.71. The van der Waals surface area contributed by atoms with Gasteiger partial charge in [0.05, 0.1) is 29.1 Å². The first-order valence-corrected chi connectivity index (χ1v) is 10.9. The molecule has 2 aromatic rings. The number of aromatic nitrogens is 1. The van der Waals surface area contributed by atoms with Crippen LogP contribution < -0.4 is 15.8 Å². The van der Waals surface area contributed by atoms with Gasteiger partial charge in [0.1, 0.15) is 6.04 Å². The van der Waals surface area contributed by atoms with E-state index >= 15 is 0 Å². The molecule has 9 heteroatoms. The summed E-state index contributed by atoms with van der Waals surface area (Å²) in [4.78, 5) is 16.1. The quantitative estimate of drug-likeness (QED) is 0.505. The lowest BCUT2D eigenvalue weighted by Gasteiger charge is -2.19. The summed E-state index contributed by atoms with van der Waals surface area (Å²) in [6.45, 7) is 6.18. The molecule has 4 N–H and O–H groups in total. The second-order valence-corrected chi connectivity index (χ2v) is 8.73. The first-order chi connectivity index (χ1) is 13.7. The molecule has 0 amide bonds. The highest BCUT2D eigenvalue weighted by Gasteiger charge is 2.27. The summed E-state index contributed by atoms with van der Waals surface area (Å²) in [5, 5.41) is 3.18. The van der Waals surface area contributed by atoms with Gasteiger partial charge in [-0.25, -0.2) is 8.42 Å². The maximum atomic E-state index is 12.7. The lowest BCUT2D eigenvalue weighted by molar-refractivity contribution is -0.145. The molecule has 0 aliphatic carbocycles. The van der Waals surface area contributed by atoms with Crippen molar-refractivity contribution in [3.63, 3.8) is 0 Å². The topological polar surface area (TPSA) is 123 Å². The Bertz CT molecular complexity index is 914. The van der Waals surface area contributed by atoms with E-state index in [1.807, 2.05) is 13.8 Å². The molecular formula is C20H28N4O4S. The molecule has 0 fully saturated rings. The molecule has 158 valence electrons. The van der Waals surface area contributed by atoms with Gasteiger partial charge in [0.25, 0.3) is 0 Å². The first kappa shape index (κ1) is 22.6. The summed E-state index contributed by atoms with van der Waals surface area (Å²) in [7, 11) is -3.86. The maximum absolute atomic E-state index is 12.7. The van der Waals surface area contributed by atoms with Crippen molar-refractivity contribution in [1.82, 2.24) is 9.71 Å². The minimum Gasteiger partial charge on any atom is -0.465 e. The molecule has 0 bridgehead atoms. The van der Waals surface area contributed by atoms with Gasteiger partial charge < -0.3 is 15.8 Å². The first-order valence-electron chi connectivity index (χ1n) is 9.44. The highest BCUT2D eigenvalue weighted by atomic mass is 32.2. The zero-order valence-electron chi connectivity index (χ0n) is 16.9. The van der Waals surface area contributed by atoms with Gasteiger partial charge in [-0.15, -0.1) is 0 Å². The molecule has 1 aromatic carbocycles. The Morgan fingerprint density at radius 2 is 1.90 bits per heavy atom. The molecule has 2 rings (SSSR count). The van der Waals surface area contributed by atoms with Crippen LogP contribution in [0, 0.1) is 5.92 Å². The van der Waals surface area contributed by atoms with E-state index in [2.05, 4.69) is 15.0 Å². The molecule has 0 aliphatic rings. The van der Waals surface area contributed by atoms with Gasteiger partial charge in [-0.05, 0) is 43.0 Å². The zero-order chi connectivity index (χ0) is 21.4. The summed E-state index contributed by atoms with van der Waals surface area (Å²) in [5.74, 6) is -0.443. The monoisotopic (exact) mass is 420 g/mol. The second kappa shape index (κ2) is 10.2. The van der Waals surface area contributed by atoms with Gasteiger partial charge in [-0.1, -0.05) is 26.0 Å². The Kier molecular flexibility index (Phi) is 7.98. The van der Waals surface area contributed by atoms with Crippen LogP contribution >= 0.6 is 0 Å². The van der Waals surface area contributed by atoms with Crippen molar-refractivity contribution in [1.29, 1.82) is 0 Å². The predicted molar refractivity (Wildman–Crippen MR) is 113 cm³/mol. The van der Waals surface area contributed by atoms with Crippen LogP contribution in [0.1, 0.15) is 32.8 Å². The smallest absolute Gasteiger partial charge is 0.324 e. The number of ether oxygens (including phenoxy) is 1. The zero-order valence-corrected chi connectivity index (χ0v) is 17.7. The number of anilines is 2. The number of nitrogen functional groups attached to an aromatic ring is 1. The van der Waals surface area contributed by atoms with Crippen molar-refractivity contribution in [3.05, 3.63) is 48.3 Å². The van der Waals surface area contributed by atoms with Gasteiger partial charge in [0.15, 0.2) is 0 Å². The number of benzene rings is 1. The predicted octanol–water partition coefficient (Wildman–Crippen LogP) is 2.53. The molecular weight excluding hydrogens is 392 g/mol. The van der Waals surface area contributed by atoms with Crippen molar-refractivity contribution in [2.45, 2.75) is 44.7 Å². The third kappa shape index (κ3) is 6.72. The highest BCUT2D eigenvalue weighted by Crippen LogP contribution is 2.18. The maximum Gasteiger partial charge on any atom is 0.324 e. The second-order valence-electron chi connectivity index (χ2n) is 7.02. The van der Waals surface area contributed by atoms with Crippen molar-refractivity contribution in [2.75, 3.05) is 17.7 Å². The number of hydrogen-bond donors (Lipinski definition) is 3. The van der Waals surface area contributed by atoms with Gasteiger partial charge >= 0.3 is 5.97 Å². The summed E-state index contributed by atoms with van der Waals surface area (Å²) >= 11 is 0. The van der Waals surface area contributed by atoms with E-state index in [-0.39, 0.29) is 17.4 Å². The molecule has 1 heterocycles. The number of nitrogens with one attached hydrogen (secondary N) is 2. The molecule has 0 aliphatic heterocycles. The van der Waals surface area contributed by atoms with Gasteiger partial charge in [0, 0.05) is 12.7 Å². The third-order valence-corrected chi connectivity index (χ3v) is 5.63. The van der Waals surface area contributed by atoms with Gasteiger partial charge in [0.2, 0.25) is 10.0 Å². The number of rotatable bonds is 10. The Balaban J connectivity index is 2.07. The fourth-order valence-corrected chi connectivity index (χ4v) is 3.91. The number of nitrogens with zero attached hydrogens (tertiary/aromatic N) is 1. The normalized spacial score (nSPS) is 12.6. The van der Waals surface area contributed by atoms with Crippen molar-refractivity contribution in [3.8, 4) is 0 Å². The third-order valence-electron chi connectivity index (χ3n) is 4.14. The van der Waals surface area contributed by atoms with E-state index in [1.54, 1.807) is 37.5 Å². The molecule has 0 spiro atoms. The van der Waals surface area contributed by atoms with Gasteiger partial charge in [-0.2, -0.15) is 4.72 Å². The number of pyridine rings is 1. The molecule has 29 heavy (non-hydrogen) atoms. The summed E-state index contributed by atoms with van der Waals surface area (Å²) in [6, 6.07) is 7.28. The Morgan fingerprint density at radius 3 is 2.48 bits per heavy atom. The largest absolute Gasteiger partial charge is 0.465 e. The van der Waals surface area contributed by atoms with E-state index in [0.29, 0.717) is 18.7 Å². The number of carbonyl (C=O) groups is 1. The van der Waals surface area contributed by atoms with Crippen LogP contribution in [0.3, 0.4) is 0 Å². The minimum atomic E-state index is -3.86.